The van der Waals surface area contributed by atoms with Crippen LogP contribution in [-0.2, 0) is 7.05 Å². The first-order valence-corrected chi connectivity index (χ1v) is 9.00. The van der Waals surface area contributed by atoms with Crippen molar-refractivity contribution in [3.8, 4) is 22.5 Å². The topological polar surface area (TPSA) is 46.9 Å². The van der Waals surface area contributed by atoms with Gasteiger partial charge in [-0.15, -0.1) is 0 Å². The summed E-state index contributed by atoms with van der Waals surface area (Å²) < 4.78 is 1.89. The number of carbonyl (C=O) groups is 1. The number of benzene rings is 2. The van der Waals surface area contributed by atoms with E-state index >= 15 is 0 Å². The molecule has 1 aromatic heterocycles. The standard InChI is InChI=1S/C22H25N3O.H2/c1-5-14-23-22(26)21-24-19(17-10-6-15(2)7-11-17)20(25(21)4)18-12-8-16(3)9-13-18;/h6-13H,5,14H2,1-4H3,(H,23,26);1H. The largest absolute Gasteiger partial charge is 0.349 e. The quantitative estimate of drug-likeness (QED) is 0.722. The van der Waals surface area contributed by atoms with Crippen LogP contribution < -0.4 is 5.32 Å². The Morgan fingerprint density at radius 2 is 1.54 bits per heavy atom. The van der Waals surface area contributed by atoms with Gasteiger partial charge in [0.05, 0.1) is 11.4 Å². The van der Waals surface area contributed by atoms with Crippen molar-refractivity contribution < 1.29 is 6.22 Å². The fourth-order valence-electron chi connectivity index (χ4n) is 2.97. The summed E-state index contributed by atoms with van der Waals surface area (Å²) in [6, 6.07) is 16.6. The molecule has 4 nitrogen and oxygen atoms in total. The molecule has 26 heavy (non-hydrogen) atoms. The van der Waals surface area contributed by atoms with Gasteiger partial charge in [-0.25, -0.2) is 4.98 Å². The molecule has 0 saturated heterocycles. The monoisotopic (exact) mass is 349 g/mol. The Morgan fingerprint density at radius 3 is 2.08 bits per heavy atom. The van der Waals surface area contributed by atoms with E-state index in [-0.39, 0.29) is 7.33 Å². The summed E-state index contributed by atoms with van der Waals surface area (Å²) in [4.78, 5) is 17.3. The second-order valence-electron chi connectivity index (χ2n) is 6.68. The summed E-state index contributed by atoms with van der Waals surface area (Å²) in [7, 11) is 1.90. The molecule has 136 valence electrons. The molecule has 0 aliphatic rings. The van der Waals surface area contributed by atoms with Crippen molar-refractivity contribution in [1.29, 1.82) is 0 Å². The first-order valence-electron chi connectivity index (χ1n) is 9.00. The molecule has 0 aliphatic heterocycles. The molecule has 0 saturated carbocycles. The Balaban J connectivity index is 0.00000261. The van der Waals surface area contributed by atoms with E-state index in [2.05, 4.69) is 67.7 Å². The van der Waals surface area contributed by atoms with E-state index in [0.717, 1.165) is 28.9 Å². The highest BCUT2D eigenvalue weighted by Gasteiger charge is 2.21. The molecule has 3 rings (SSSR count). The lowest BCUT2D eigenvalue weighted by atomic mass is 10.0. The number of amides is 1. The zero-order chi connectivity index (χ0) is 18.7. The van der Waals surface area contributed by atoms with E-state index in [0.29, 0.717) is 12.4 Å². The van der Waals surface area contributed by atoms with E-state index in [1.54, 1.807) is 0 Å². The van der Waals surface area contributed by atoms with Gasteiger partial charge in [-0.3, -0.25) is 4.79 Å². The molecule has 0 radical (unpaired) electrons. The second-order valence-corrected chi connectivity index (χ2v) is 6.68. The predicted molar refractivity (Wildman–Crippen MR) is 108 cm³/mol. The van der Waals surface area contributed by atoms with Crippen LogP contribution in [0.25, 0.3) is 22.5 Å². The molecule has 3 aromatic rings. The predicted octanol–water partition coefficient (Wildman–Crippen LogP) is 4.76. The highest BCUT2D eigenvalue weighted by atomic mass is 16.2. The minimum absolute atomic E-state index is 0. The van der Waals surface area contributed by atoms with Crippen LogP contribution in [0.3, 0.4) is 0 Å². The highest BCUT2D eigenvalue weighted by Crippen LogP contribution is 2.32. The smallest absolute Gasteiger partial charge is 0.287 e. The van der Waals surface area contributed by atoms with Crippen LogP contribution >= 0.6 is 0 Å². The van der Waals surface area contributed by atoms with Gasteiger partial charge in [-0.2, -0.15) is 0 Å². The summed E-state index contributed by atoms with van der Waals surface area (Å²) in [5, 5.41) is 2.93. The minimum Gasteiger partial charge on any atom is -0.349 e. The zero-order valence-corrected chi connectivity index (χ0v) is 15.8. The van der Waals surface area contributed by atoms with Crippen molar-refractivity contribution in [2.24, 2.45) is 7.05 Å². The Morgan fingerprint density at radius 1 is 1.00 bits per heavy atom. The summed E-state index contributed by atoms with van der Waals surface area (Å²) in [5.74, 6) is 0.297. The van der Waals surface area contributed by atoms with Gasteiger partial charge in [0, 0.05) is 26.1 Å². The SMILES string of the molecule is CCCNC(=O)c1nc(-c2ccc(C)cc2)c(-c2ccc(C)cc2)n1C.[HH]. The number of imidazole rings is 1. The van der Waals surface area contributed by atoms with Crippen LogP contribution in [0.4, 0.5) is 0 Å². The Labute approximate surface area is 156 Å². The van der Waals surface area contributed by atoms with Crippen molar-refractivity contribution in [3.05, 3.63) is 65.5 Å². The molecule has 0 bridgehead atoms. The number of aromatic nitrogens is 2. The lowest BCUT2D eigenvalue weighted by Gasteiger charge is -2.09. The van der Waals surface area contributed by atoms with E-state index in [1.807, 2.05) is 18.5 Å². The molecule has 2 aromatic carbocycles. The van der Waals surface area contributed by atoms with Gasteiger partial charge in [0.2, 0.25) is 0 Å². The van der Waals surface area contributed by atoms with E-state index in [9.17, 15) is 4.79 Å². The van der Waals surface area contributed by atoms with Crippen molar-refractivity contribution in [2.75, 3.05) is 6.54 Å². The normalized spacial score (nSPS) is 10.8. The van der Waals surface area contributed by atoms with Gasteiger partial charge in [-0.1, -0.05) is 66.6 Å². The molecule has 0 aliphatic carbocycles. The number of nitrogens with one attached hydrogen (secondary N) is 1. The van der Waals surface area contributed by atoms with Crippen LogP contribution in [0.2, 0.25) is 0 Å². The molecule has 0 unspecified atom stereocenters. The Hall–Kier alpha value is -2.88. The highest BCUT2D eigenvalue weighted by molar-refractivity contribution is 5.94. The van der Waals surface area contributed by atoms with Crippen molar-refractivity contribution >= 4 is 5.91 Å². The minimum atomic E-state index is -0.138. The first-order chi connectivity index (χ1) is 12.5. The van der Waals surface area contributed by atoms with Gasteiger partial charge in [-0.05, 0) is 20.3 Å². The van der Waals surface area contributed by atoms with Gasteiger partial charge < -0.3 is 9.88 Å². The maximum atomic E-state index is 12.6. The third kappa shape index (κ3) is 3.54. The Bertz CT molecular complexity index is 912. The number of nitrogens with zero attached hydrogens (tertiary/aromatic N) is 2. The molecule has 1 amide bonds. The van der Waals surface area contributed by atoms with Crippen molar-refractivity contribution in [3.63, 3.8) is 0 Å². The maximum Gasteiger partial charge on any atom is 0.287 e. The molecular weight excluding hydrogens is 322 g/mol. The molecule has 0 atom stereocenters. The van der Waals surface area contributed by atoms with E-state index < -0.39 is 0 Å². The molecular formula is C22H27N3O. The third-order valence-corrected chi connectivity index (χ3v) is 4.48. The van der Waals surface area contributed by atoms with Crippen molar-refractivity contribution in [1.82, 2.24) is 14.9 Å². The van der Waals surface area contributed by atoms with E-state index in [1.165, 1.54) is 11.1 Å². The molecule has 0 spiro atoms. The van der Waals surface area contributed by atoms with Crippen molar-refractivity contribution in [2.45, 2.75) is 27.2 Å². The summed E-state index contributed by atoms with van der Waals surface area (Å²) in [6.07, 6.45) is 0.895. The van der Waals surface area contributed by atoms with Crippen LogP contribution in [0.1, 0.15) is 36.5 Å². The number of hydrogen-bond acceptors (Lipinski definition) is 2. The fraction of sp³-hybridized carbons (Fsp3) is 0.273. The molecule has 4 heteroatoms. The lowest BCUT2D eigenvalue weighted by molar-refractivity contribution is 0.0940. The summed E-state index contributed by atoms with van der Waals surface area (Å²) in [5.41, 5.74) is 6.25. The maximum absolute atomic E-state index is 12.6. The molecule has 0 fully saturated rings. The second kappa shape index (κ2) is 7.56. The average Bonchev–Trinajstić information content (AvgIpc) is 2.98. The first kappa shape index (κ1) is 17.9. The van der Waals surface area contributed by atoms with Crippen LogP contribution in [-0.4, -0.2) is 22.0 Å². The average molecular weight is 349 g/mol. The van der Waals surface area contributed by atoms with Crippen LogP contribution in [0, 0.1) is 13.8 Å². The van der Waals surface area contributed by atoms with Crippen LogP contribution in [0.15, 0.2) is 48.5 Å². The fourth-order valence-corrected chi connectivity index (χ4v) is 2.97. The third-order valence-electron chi connectivity index (χ3n) is 4.48. The van der Waals surface area contributed by atoms with Crippen LogP contribution in [0.5, 0.6) is 0 Å². The Kier molecular flexibility index (Phi) is 5.21. The number of rotatable bonds is 5. The number of carbonyl (C=O) groups excluding carboxylic acids is 1. The van der Waals surface area contributed by atoms with Gasteiger partial charge in [0.1, 0.15) is 0 Å². The number of hydrogen-bond donors (Lipinski definition) is 1. The zero-order valence-electron chi connectivity index (χ0n) is 15.8. The van der Waals surface area contributed by atoms with Gasteiger partial charge in [0.15, 0.2) is 5.82 Å². The van der Waals surface area contributed by atoms with Gasteiger partial charge >= 0.3 is 0 Å². The summed E-state index contributed by atoms with van der Waals surface area (Å²) >= 11 is 0. The van der Waals surface area contributed by atoms with E-state index in [4.69, 9.17) is 4.98 Å². The number of aryl methyl sites for hydroxylation is 2. The lowest BCUT2D eigenvalue weighted by Crippen LogP contribution is -2.26. The molecule has 1 N–H and O–H groups in total. The van der Waals surface area contributed by atoms with Gasteiger partial charge in [0.25, 0.3) is 5.91 Å². The summed E-state index contributed by atoms with van der Waals surface area (Å²) in [6.45, 7) is 6.81. The molecule has 1 heterocycles.